The zero-order valence-electron chi connectivity index (χ0n) is 12.2. The summed E-state index contributed by atoms with van der Waals surface area (Å²) in [5.74, 6) is -4.47. The van der Waals surface area contributed by atoms with Gasteiger partial charge in [-0.3, -0.25) is 19.3 Å². The van der Waals surface area contributed by atoms with Crippen LogP contribution in [0.2, 0.25) is 0 Å². The van der Waals surface area contributed by atoms with E-state index in [0.717, 1.165) is 25.7 Å². The van der Waals surface area contributed by atoms with E-state index in [9.17, 15) is 24.3 Å². The summed E-state index contributed by atoms with van der Waals surface area (Å²) in [5.41, 5.74) is -0.300. The van der Waals surface area contributed by atoms with Crippen LogP contribution in [0.15, 0.2) is 22.8 Å². The van der Waals surface area contributed by atoms with Gasteiger partial charge in [-0.05, 0) is 31.3 Å². The third-order valence-corrected chi connectivity index (χ3v) is 4.02. The molecule has 0 aromatic heterocycles. The minimum atomic E-state index is -1.46. The Labute approximate surface area is 126 Å². The quantitative estimate of drug-likeness (QED) is 0.454. The maximum atomic E-state index is 12.4. The van der Waals surface area contributed by atoms with Gasteiger partial charge in [0, 0.05) is 5.57 Å². The van der Waals surface area contributed by atoms with E-state index in [-0.39, 0.29) is 17.1 Å². The second-order valence-corrected chi connectivity index (χ2v) is 5.52. The second-order valence-electron chi connectivity index (χ2n) is 5.52. The molecule has 2 N–H and O–H groups in total. The topological polar surface area (TPSA) is 112 Å². The van der Waals surface area contributed by atoms with Crippen molar-refractivity contribution in [3.63, 3.8) is 0 Å². The molecule has 1 fully saturated rings. The number of hydrogen-bond donors (Lipinski definition) is 2. The summed E-state index contributed by atoms with van der Waals surface area (Å²) in [7, 11) is 0. The first-order valence-electron chi connectivity index (χ1n) is 7.07. The number of imide groups is 1. The molecular weight excluding hydrogens is 290 g/mol. The van der Waals surface area contributed by atoms with Crippen LogP contribution in [0, 0.1) is 5.92 Å². The van der Waals surface area contributed by atoms with Crippen molar-refractivity contribution in [1.29, 1.82) is 0 Å². The Balaban J connectivity index is 2.49. The maximum Gasteiger partial charge on any atom is 0.341 e. The lowest BCUT2D eigenvalue weighted by molar-refractivity contribution is -0.151. The molecule has 0 bridgehead atoms. The van der Waals surface area contributed by atoms with Gasteiger partial charge in [0.2, 0.25) is 0 Å². The van der Waals surface area contributed by atoms with Crippen LogP contribution in [0.4, 0.5) is 0 Å². The molecule has 2 rings (SSSR count). The van der Waals surface area contributed by atoms with E-state index >= 15 is 0 Å². The zero-order valence-corrected chi connectivity index (χ0v) is 12.2. The highest BCUT2D eigenvalue weighted by molar-refractivity contribution is 6.27. The van der Waals surface area contributed by atoms with Crippen LogP contribution in [-0.4, -0.2) is 45.4 Å². The summed E-state index contributed by atoms with van der Waals surface area (Å²) >= 11 is 0. The van der Waals surface area contributed by atoms with Crippen LogP contribution in [0.1, 0.15) is 32.6 Å². The fourth-order valence-electron chi connectivity index (χ4n) is 2.91. The number of rotatable bonds is 4. The molecule has 0 saturated heterocycles. The lowest BCUT2D eigenvalue weighted by Crippen LogP contribution is -2.47. The third kappa shape index (κ3) is 2.93. The molecule has 0 aromatic rings. The van der Waals surface area contributed by atoms with Gasteiger partial charge in [-0.25, -0.2) is 4.79 Å². The minimum Gasteiger partial charge on any atom is -0.480 e. The number of allylic oxidation sites excluding steroid dienone is 1. The lowest BCUT2D eigenvalue weighted by Gasteiger charge is -2.27. The average molecular weight is 307 g/mol. The van der Waals surface area contributed by atoms with Crippen LogP contribution in [-0.2, 0) is 19.2 Å². The molecule has 2 amide bonds. The van der Waals surface area contributed by atoms with E-state index in [2.05, 4.69) is 0 Å². The molecule has 1 aliphatic heterocycles. The van der Waals surface area contributed by atoms with Crippen LogP contribution < -0.4 is 0 Å². The van der Waals surface area contributed by atoms with Gasteiger partial charge >= 0.3 is 11.9 Å². The largest absolute Gasteiger partial charge is 0.480 e. The first-order chi connectivity index (χ1) is 10.3. The van der Waals surface area contributed by atoms with Crippen molar-refractivity contribution in [2.75, 3.05) is 6.54 Å². The molecule has 1 aliphatic carbocycles. The van der Waals surface area contributed by atoms with Gasteiger partial charge < -0.3 is 10.2 Å². The fraction of sp³-hybridized carbons (Fsp3) is 0.467. The van der Waals surface area contributed by atoms with Crippen molar-refractivity contribution < 1.29 is 29.4 Å². The van der Waals surface area contributed by atoms with E-state index in [0.29, 0.717) is 4.90 Å². The number of nitrogens with zero attached hydrogens (tertiary/aromatic N) is 1. The summed E-state index contributed by atoms with van der Waals surface area (Å²) in [5, 5.41) is 18.0. The van der Waals surface area contributed by atoms with Crippen molar-refractivity contribution in [3.05, 3.63) is 22.8 Å². The third-order valence-electron chi connectivity index (χ3n) is 4.02. The lowest BCUT2D eigenvalue weighted by atomic mass is 9.91. The van der Waals surface area contributed by atoms with Crippen LogP contribution in [0.25, 0.3) is 0 Å². The van der Waals surface area contributed by atoms with E-state index < -0.39 is 35.9 Å². The van der Waals surface area contributed by atoms with Crippen LogP contribution >= 0.6 is 0 Å². The summed E-state index contributed by atoms with van der Waals surface area (Å²) in [6.07, 6.45) is 5.57. The average Bonchev–Trinajstić information content (AvgIpc) is 2.92. The van der Waals surface area contributed by atoms with Gasteiger partial charge in [0.05, 0.1) is 0 Å². The number of amides is 2. The van der Waals surface area contributed by atoms with Gasteiger partial charge in [-0.2, -0.15) is 0 Å². The number of carboxylic acid groups (broad SMARTS) is 2. The number of carbonyl (C=O) groups is 4. The van der Waals surface area contributed by atoms with Gasteiger partial charge in [-0.1, -0.05) is 18.9 Å². The number of aliphatic carboxylic acids is 2. The zero-order chi connectivity index (χ0) is 16.4. The Bertz CT molecular complexity index is 610. The molecule has 7 nitrogen and oxygen atoms in total. The molecule has 0 spiro atoms. The summed E-state index contributed by atoms with van der Waals surface area (Å²) in [6, 6.07) is 0. The predicted molar refractivity (Wildman–Crippen MR) is 74.7 cm³/mol. The Morgan fingerprint density at radius 2 is 1.77 bits per heavy atom. The monoisotopic (exact) mass is 307 g/mol. The van der Waals surface area contributed by atoms with Crippen molar-refractivity contribution in [3.8, 4) is 0 Å². The SMILES string of the molecule is CC1=C(C(=O)O)C(=O)N(CC(=O)O)C(=O)C1=CC1CCCC1. The van der Waals surface area contributed by atoms with E-state index in [1.807, 2.05) is 0 Å². The van der Waals surface area contributed by atoms with Crippen LogP contribution in [0.3, 0.4) is 0 Å². The van der Waals surface area contributed by atoms with Crippen molar-refractivity contribution in [1.82, 2.24) is 4.90 Å². The second kappa shape index (κ2) is 6.13. The summed E-state index contributed by atoms with van der Waals surface area (Å²) < 4.78 is 0. The molecule has 2 aliphatic rings. The standard InChI is InChI=1S/C15H17NO6/c1-8-10(6-9-4-2-3-5-9)13(19)16(7-11(17)18)14(20)12(8)15(21)22/h6,9H,2-5,7H2,1H3,(H,17,18)(H,21,22). The molecule has 7 heteroatoms. The molecular formula is C15H17NO6. The smallest absolute Gasteiger partial charge is 0.341 e. The van der Waals surface area contributed by atoms with Gasteiger partial charge in [0.15, 0.2) is 0 Å². The van der Waals surface area contributed by atoms with E-state index in [4.69, 9.17) is 5.11 Å². The Hall–Kier alpha value is -2.44. The normalized spacial score (nSPS) is 21.9. The number of carbonyl (C=O) groups excluding carboxylic acids is 2. The molecule has 22 heavy (non-hydrogen) atoms. The summed E-state index contributed by atoms with van der Waals surface area (Å²) in [6.45, 7) is 0.571. The predicted octanol–water partition coefficient (Wildman–Crippen LogP) is 0.957. The Kier molecular flexibility index (Phi) is 4.44. The Morgan fingerprint density at radius 1 is 1.18 bits per heavy atom. The highest BCUT2D eigenvalue weighted by atomic mass is 16.4. The maximum absolute atomic E-state index is 12.4. The molecule has 1 saturated carbocycles. The highest BCUT2D eigenvalue weighted by Crippen LogP contribution is 2.32. The Morgan fingerprint density at radius 3 is 2.27 bits per heavy atom. The van der Waals surface area contributed by atoms with Gasteiger partial charge in [-0.15, -0.1) is 0 Å². The van der Waals surface area contributed by atoms with Gasteiger partial charge in [0.25, 0.3) is 11.8 Å². The molecule has 1 heterocycles. The van der Waals surface area contributed by atoms with E-state index in [1.54, 1.807) is 6.08 Å². The van der Waals surface area contributed by atoms with Gasteiger partial charge in [0.1, 0.15) is 12.1 Å². The number of hydrogen-bond acceptors (Lipinski definition) is 4. The van der Waals surface area contributed by atoms with Crippen molar-refractivity contribution in [2.45, 2.75) is 32.6 Å². The molecule has 0 unspecified atom stereocenters. The van der Waals surface area contributed by atoms with Crippen LogP contribution in [0.5, 0.6) is 0 Å². The first kappa shape index (κ1) is 15.9. The van der Waals surface area contributed by atoms with Crippen molar-refractivity contribution >= 4 is 23.8 Å². The fourth-order valence-corrected chi connectivity index (χ4v) is 2.91. The molecule has 0 aromatic carbocycles. The highest BCUT2D eigenvalue weighted by Gasteiger charge is 2.39. The minimum absolute atomic E-state index is 0.107. The molecule has 0 atom stereocenters. The summed E-state index contributed by atoms with van der Waals surface area (Å²) in [4.78, 5) is 47.1. The number of carboxylic acids is 2. The molecule has 0 radical (unpaired) electrons. The molecule has 118 valence electrons. The van der Waals surface area contributed by atoms with Crippen molar-refractivity contribution in [2.24, 2.45) is 5.92 Å². The first-order valence-corrected chi connectivity index (χ1v) is 7.07. The van der Waals surface area contributed by atoms with E-state index in [1.165, 1.54) is 6.92 Å².